The summed E-state index contributed by atoms with van der Waals surface area (Å²) < 4.78 is 40.9. The summed E-state index contributed by atoms with van der Waals surface area (Å²) in [5, 5.41) is 7.26. The summed E-state index contributed by atoms with van der Waals surface area (Å²) in [7, 11) is 0. The Balaban J connectivity index is 1.73. The zero-order valence-electron chi connectivity index (χ0n) is 14.0. The van der Waals surface area contributed by atoms with Crippen molar-refractivity contribution in [1.82, 2.24) is 14.7 Å². The number of benzene rings is 2. The number of halogens is 3. The predicted molar refractivity (Wildman–Crippen MR) is 93.5 cm³/mol. The Morgan fingerprint density at radius 1 is 1.04 bits per heavy atom. The van der Waals surface area contributed by atoms with Crippen LogP contribution >= 0.6 is 0 Å². The van der Waals surface area contributed by atoms with Gasteiger partial charge < -0.3 is 10.2 Å². The quantitative estimate of drug-likeness (QED) is 0.756. The van der Waals surface area contributed by atoms with E-state index in [4.69, 9.17) is 0 Å². The fourth-order valence-electron chi connectivity index (χ4n) is 3.11. The number of carbonyl (C=O) groups is 1. The Labute approximate surface area is 153 Å². The molecule has 27 heavy (non-hydrogen) atoms. The minimum atomic E-state index is -4.52. The summed E-state index contributed by atoms with van der Waals surface area (Å²) in [5.41, 5.74) is 1.95. The molecule has 1 atom stereocenters. The standard InChI is InChI=1S/C19H15F3N4O/c20-19(21,22)12-25-17(24-16-9-5-4-8-15(16)18(25)27)13-10-23-26(11-13)14-6-2-1-3-7-14/h1-11,17,24H,12H2/t17-/m0/s1. The Bertz CT molecular complexity index is 968. The molecule has 8 heteroatoms. The fraction of sp³-hybridized carbons (Fsp3) is 0.158. The Kier molecular flexibility index (Phi) is 4.10. The molecule has 0 radical (unpaired) electrons. The number of rotatable bonds is 3. The number of nitrogens with zero attached hydrogens (tertiary/aromatic N) is 3. The van der Waals surface area contributed by atoms with E-state index in [9.17, 15) is 18.0 Å². The van der Waals surface area contributed by atoms with Gasteiger partial charge in [-0.1, -0.05) is 30.3 Å². The number of hydrogen-bond acceptors (Lipinski definition) is 3. The second-order valence-electron chi connectivity index (χ2n) is 6.19. The zero-order chi connectivity index (χ0) is 19.0. The summed E-state index contributed by atoms with van der Waals surface area (Å²) in [6.45, 7) is -1.35. The van der Waals surface area contributed by atoms with Crippen molar-refractivity contribution in [2.45, 2.75) is 12.3 Å². The highest BCUT2D eigenvalue weighted by molar-refractivity contribution is 6.01. The monoisotopic (exact) mass is 372 g/mol. The molecule has 2 heterocycles. The van der Waals surface area contributed by atoms with Crippen molar-refractivity contribution >= 4 is 11.6 Å². The zero-order valence-corrected chi connectivity index (χ0v) is 14.0. The minimum Gasteiger partial charge on any atom is -0.361 e. The molecule has 1 aromatic heterocycles. The van der Waals surface area contributed by atoms with Gasteiger partial charge in [-0.2, -0.15) is 18.3 Å². The third-order valence-electron chi connectivity index (χ3n) is 4.31. The second-order valence-corrected chi connectivity index (χ2v) is 6.19. The molecule has 1 aliphatic rings. The van der Waals surface area contributed by atoms with Gasteiger partial charge in [-0.3, -0.25) is 4.79 Å². The Morgan fingerprint density at radius 2 is 1.74 bits per heavy atom. The molecule has 1 aliphatic heterocycles. The first-order chi connectivity index (χ1) is 12.9. The van der Waals surface area contributed by atoms with Crippen LogP contribution < -0.4 is 5.32 Å². The largest absolute Gasteiger partial charge is 0.406 e. The topological polar surface area (TPSA) is 50.2 Å². The summed E-state index contributed by atoms with van der Waals surface area (Å²) >= 11 is 0. The SMILES string of the molecule is O=C1c2ccccc2N[C@H](c2cnn(-c3ccccc3)c2)N1CC(F)(F)F. The van der Waals surface area contributed by atoms with Gasteiger partial charge >= 0.3 is 6.18 Å². The predicted octanol–water partition coefficient (Wildman–Crippen LogP) is 4.00. The van der Waals surface area contributed by atoms with E-state index >= 15 is 0 Å². The van der Waals surface area contributed by atoms with Crippen molar-refractivity contribution in [1.29, 1.82) is 0 Å². The van der Waals surface area contributed by atoms with Crippen LogP contribution in [0.3, 0.4) is 0 Å². The van der Waals surface area contributed by atoms with Crippen LogP contribution in [0.4, 0.5) is 18.9 Å². The molecule has 0 saturated heterocycles. The molecule has 1 amide bonds. The van der Waals surface area contributed by atoms with Gasteiger partial charge in [0.2, 0.25) is 0 Å². The van der Waals surface area contributed by atoms with E-state index in [0.717, 1.165) is 10.6 Å². The van der Waals surface area contributed by atoms with Crippen LogP contribution in [0.2, 0.25) is 0 Å². The molecule has 0 bridgehead atoms. The molecule has 2 aromatic carbocycles. The number of carbonyl (C=O) groups excluding carboxylic acids is 1. The highest BCUT2D eigenvalue weighted by Crippen LogP contribution is 2.35. The molecule has 3 aromatic rings. The van der Waals surface area contributed by atoms with Gasteiger partial charge in [0.15, 0.2) is 0 Å². The average Bonchev–Trinajstić information content (AvgIpc) is 3.14. The molecule has 0 aliphatic carbocycles. The van der Waals surface area contributed by atoms with Crippen LogP contribution in [0, 0.1) is 0 Å². The maximum Gasteiger partial charge on any atom is 0.406 e. The van der Waals surface area contributed by atoms with Gasteiger partial charge in [0, 0.05) is 17.4 Å². The average molecular weight is 372 g/mol. The van der Waals surface area contributed by atoms with E-state index in [0.29, 0.717) is 11.3 Å². The minimum absolute atomic E-state index is 0.216. The first-order valence-electron chi connectivity index (χ1n) is 8.26. The van der Waals surface area contributed by atoms with E-state index < -0.39 is 24.8 Å². The summed E-state index contributed by atoms with van der Waals surface area (Å²) in [6.07, 6.45) is -2.39. The third kappa shape index (κ3) is 3.38. The number of nitrogens with one attached hydrogen (secondary N) is 1. The smallest absolute Gasteiger partial charge is 0.361 e. The maximum absolute atomic E-state index is 13.1. The lowest BCUT2D eigenvalue weighted by Crippen LogP contribution is -2.47. The summed E-state index contributed by atoms with van der Waals surface area (Å²) in [5.74, 6) is -0.667. The van der Waals surface area contributed by atoms with E-state index in [-0.39, 0.29) is 5.56 Å². The number of aromatic nitrogens is 2. The van der Waals surface area contributed by atoms with Crippen molar-refractivity contribution in [2.75, 3.05) is 11.9 Å². The number of fused-ring (bicyclic) bond motifs is 1. The fourth-order valence-corrected chi connectivity index (χ4v) is 3.11. The first kappa shape index (κ1) is 17.1. The molecule has 5 nitrogen and oxygen atoms in total. The molecular weight excluding hydrogens is 357 g/mol. The second kappa shape index (κ2) is 6.46. The van der Waals surface area contributed by atoms with E-state index in [1.165, 1.54) is 12.3 Å². The Morgan fingerprint density at radius 3 is 2.48 bits per heavy atom. The number of para-hydroxylation sites is 2. The molecule has 0 saturated carbocycles. The number of anilines is 1. The van der Waals surface area contributed by atoms with Crippen LogP contribution in [-0.2, 0) is 0 Å². The van der Waals surface area contributed by atoms with Crippen molar-refractivity contribution in [3.8, 4) is 5.69 Å². The van der Waals surface area contributed by atoms with Crippen LogP contribution in [0.1, 0.15) is 22.1 Å². The van der Waals surface area contributed by atoms with E-state index in [1.807, 2.05) is 30.3 Å². The van der Waals surface area contributed by atoms with Crippen molar-refractivity contribution in [3.63, 3.8) is 0 Å². The molecule has 4 rings (SSSR count). The first-order valence-corrected chi connectivity index (χ1v) is 8.26. The summed E-state index contributed by atoms with van der Waals surface area (Å²) in [4.78, 5) is 13.5. The highest BCUT2D eigenvalue weighted by Gasteiger charge is 2.41. The maximum atomic E-state index is 13.1. The van der Waals surface area contributed by atoms with Gasteiger partial charge in [0.05, 0.1) is 17.4 Å². The van der Waals surface area contributed by atoms with Crippen LogP contribution in [0.25, 0.3) is 5.69 Å². The van der Waals surface area contributed by atoms with Crippen molar-refractivity contribution in [3.05, 3.63) is 78.1 Å². The van der Waals surface area contributed by atoms with Gasteiger partial charge in [0.1, 0.15) is 12.7 Å². The third-order valence-corrected chi connectivity index (χ3v) is 4.31. The molecule has 138 valence electrons. The van der Waals surface area contributed by atoms with Gasteiger partial charge in [-0.15, -0.1) is 0 Å². The van der Waals surface area contributed by atoms with Gasteiger partial charge in [-0.05, 0) is 24.3 Å². The van der Waals surface area contributed by atoms with Crippen LogP contribution in [0.15, 0.2) is 67.0 Å². The molecular formula is C19H15F3N4O. The molecule has 1 N–H and O–H groups in total. The molecule has 0 unspecified atom stereocenters. The van der Waals surface area contributed by atoms with Crippen molar-refractivity contribution in [2.24, 2.45) is 0 Å². The van der Waals surface area contributed by atoms with E-state index in [1.54, 1.807) is 29.1 Å². The van der Waals surface area contributed by atoms with Gasteiger partial charge in [0.25, 0.3) is 5.91 Å². The van der Waals surface area contributed by atoms with Crippen LogP contribution in [0.5, 0.6) is 0 Å². The lowest BCUT2D eigenvalue weighted by Gasteiger charge is -2.37. The number of hydrogen-bond donors (Lipinski definition) is 1. The highest BCUT2D eigenvalue weighted by atomic mass is 19.4. The Hall–Kier alpha value is -3.29. The van der Waals surface area contributed by atoms with Crippen LogP contribution in [-0.4, -0.2) is 33.3 Å². The normalized spacial score (nSPS) is 16.8. The molecule has 0 spiro atoms. The summed E-state index contributed by atoms with van der Waals surface area (Å²) in [6, 6.07) is 15.7. The van der Waals surface area contributed by atoms with Gasteiger partial charge in [-0.25, -0.2) is 4.68 Å². The van der Waals surface area contributed by atoms with E-state index in [2.05, 4.69) is 10.4 Å². The molecule has 0 fully saturated rings. The number of alkyl halides is 3. The lowest BCUT2D eigenvalue weighted by atomic mass is 10.1. The number of amides is 1. The lowest BCUT2D eigenvalue weighted by molar-refractivity contribution is -0.144. The van der Waals surface area contributed by atoms with Crippen molar-refractivity contribution < 1.29 is 18.0 Å².